The van der Waals surface area contributed by atoms with Crippen molar-refractivity contribution in [1.82, 2.24) is 0 Å². The third kappa shape index (κ3) is 2.96. The van der Waals surface area contributed by atoms with E-state index in [4.69, 9.17) is 4.42 Å². The molecule has 3 aromatic rings. The molecule has 0 atom stereocenters. The minimum Gasteiger partial charge on any atom is -0.456 e. The molecule has 0 saturated heterocycles. The largest absolute Gasteiger partial charge is 0.456 e. The minimum atomic E-state index is -0.0184. The van der Waals surface area contributed by atoms with Crippen molar-refractivity contribution in [2.24, 2.45) is 0 Å². The van der Waals surface area contributed by atoms with Crippen molar-refractivity contribution in [2.45, 2.75) is 0 Å². The quantitative estimate of drug-likeness (QED) is 0.752. The lowest BCUT2D eigenvalue weighted by Gasteiger charge is -2.01. The third-order valence-corrected chi connectivity index (χ3v) is 3.54. The van der Waals surface area contributed by atoms with E-state index in [9.17, 15) is 4.79 Å². The van der Waals surface area contributed by atoms with Gasteiger partial charge in [-0.25, -0.2) is 0 Å². The van der Waals surface area contributed by atoms with Crippen molar-refractivity contribution < 1.29 is 4.42 Å². The first kappa shape index (κ1) is 14.2. The second kappa shape index (κ2) is 5.94. The molecule has 2 aromatic carbocycles. The Hall–Kier alpha value is -2.75. The predicted molar refractivity (Wildman–Crippen MR) is 95.6 cm³/mol. The summed E-state index contributed by atoms with van der Waals surface area (Å²) >= 11 is 0. The maximum Gasteiger partial charge on any atom is 0.193 e. The lowest BCUT2D eigenvalue weighted by molar-refractivity contribution is 0.591. The lowest BCUT2D eigenvalue weighted by atomic mass is 9.95. The molecule has 3 nitrogen and oxygen atoms in total. The van der Waals surface area contributed by atoms with Crippen LogP contribution in [0.2, 0.25) is 0 Å². The molecular weight excluding hydrogens is 273 g/mol. The van der Waals surface area contributed by atoms with E-state index in [0.29, 0.717) is 16.7 Å². The van der Waals surface area contributed by atoms with Crippen LogP contribution >= 0.6 is 0 Å². The van der Waals surface area contributed by atoms with Crippen molar-refractivity contribution in [1.29, 1.82) is 0 Å². The normalized spacial score (nSPS) is 11.1. The Labute approximate surface area is 129 Å². The topological polar surface area (TPSA) is 42.2 Å². The first-order chi connectivity index (χ1) is 10.7. The van der Waals surface area contributed by atoms with E-state index in [-0.39, 0.29) is 5.43 Å². The van der Waals surface area contributed by atoms with Crippen molar-refractivity contribution in [3.05, 3.63) is 70.1 Å². The molecule has 3 rings (SSSR count). The molecule has 108 valence electrons. The Kier molecular flexibility index (Phi) is 3.83. The molecular formula is C18H16BNO2. The van der Waals surface area contributed by atoms with Crippen molar-refractivity contribution in [2.75, 3.05) is 12.4 Å². The second-order valence-corrected chi connectivity index (χ2v) is 5.22. The number of benzene rings is 2. The molecule has 22 heavy (non-hydrogen) atoms. The van der Waals surface area contributed by atoms with Gasteiger partial charge in [0, 0.05) is 18.8 Å². The van der Waals surface area contributed by atoms with Crippen LogP contribution in [-0.4, -0.2) is 14.9 Å². The molecule has 0 radical (unpaired) electrons. The average Bonchev–Trinajstić information content (AvgIpc) is 2.54. The summed E-state index contributed by atoms with van der Waals surface area (Å²) < 4.78 is 5.77. The average molecular weight is 289 g/mol. The van der Waals surface area contributed by atoms with Crippen LogP contribution in [0.15, 0.2) is 57.7 Å². The molecule has 0 aliphatic heterocycles. The van der Waals surface area contributed by atoms with Crippen LogP contribution in [0.25, 0.3) is 23.1 Å². The number of rotatable bonds is 3. The van der Waals surface area contributed by atoms with Gasteiger partial charge in [0.15, 0.2) is 5.43 Å². The van der Waals surface area contributed by atoms with Crippen LogP contribution in [0, 0.1) is 0 Å². The number of fused-ring (bicyclic) bond motifs is 1. The van der Waals surface area contributed by atoms with Gasteiger partial charge in [-0.1, -0.05) is 35.8 Å². The summed E-state index contributed by atoms with van der Waals surface area (Å²) in [6.45, 7) is 0. The van der Waals surface area contributed by atoms with Gasteiger partial charge in [-0.2, -0.15) is 0 Å². The molecule has 1 N–H and O–H groups in total. The first-order valence-electron chi connectivity index (χ1n) is 7.16. The van der Waals surface area contributed by atoms with Gasteiger partial charge in [-0.15, -0.1) is 0 Å². The van der Waals surface area contributed by atoms with Crippen molar-refractivity contribution in [3.63, 3.8) is 0 Å². The van der Waals surface area contributed by atoms with Crippen LogP contribution in [0.3, 0.4) is 0 Å². The fraction of sp³-hybridized carbons (Fsp3) is 0.0556. The van der Waals surface area contributed by atoms with E-state index >= 15 is 0 Å². The fourth-order valence-electron chi connectivity index (χ4n) is 2.31. The third-order valence-electron chi connectivity index (χ3n) is 3.54. The summed E-state index contributed by atoms with van der Waals surface area (Å²) in [6, 6.07) is 15.2. The van der Waals surface area contributed by atoms with E-state index in [1.54, 1.807) is 0 Å². The molecule has 0 unspecified atom stereocenters. The molecule has 0 saturated carbocycles. The van der Waals surface area contributed by atoms with Gasteiger partial charge in [0.1, 0.15) is 19.2 Å². The summed E-state index contributed by atoms with van der Waals surface area (Å²) in [5.41, 5.74) is 3.75. The monoisotopic (exact) mass is 289 g/mol. The van der Waals surface area contributed by atoms with Gasteiger partial charge in [-0.3, -0.25) is 4.79 Å². The van der Waals surface area contributed by atoms with Gasteiger partial charge >= 0.3 is 0 Å². The highest BCUT2D eigenvalue weighted by atomic mass is 16.3. The molecule has 0 amide bonds. The summed E-state index contributed by atoms with van der Waals surface area (Å²) in [7, 11) is 3.85. The van der Waals surface area contributed by atoms with Crippen LogP contribution in [0.1, 0.15) is 11.3 Å². The SMILES string of the molecule is Bc1ccc2oc(/C=C/c3ccc(NC)cc3)cc(=O)c2c1. The van der Waals surface area contributed by atoms with Gasteiger partial charge in [0.2, 0.25) is 0 Å². The number of hydrogen-bond donors (Lipinski definition) is 1. The lowest BCUT2D eigenvalue weighted by Crippen LogP contribution is -2.07. The van der Waals surface area contributed by atoms with E-state index in [2.05, 4.69) is 5.32 Å². The highest BCUT2D eigenvalue weighted by Gasteiger charge is 2.03. The van der Waals surface area contributed by atoms with E-state index < -0.39 is 0 Å². The highest BCUT2D eigenvalue weighted by molar-refractivity contribution is 6.33. The second-order valence-electron chi connectivity index (χ2n) is 5.22. The molecule has 0 bridgehead atoms. The maximum atomic E-state index is 12.1. The van der Waals surface area contributed by atoms with Crippen molar-refractivity contribution >= 4 is 42.1 Å². The van der Waals surface area contributed by atoms with Crippen LogP contribution in [-0.2, 0) is 0 Å². The Morgan fingerprint density at radius 1 is 1.05 bits per heavy atom. The zero-order valence-corrected chi connectivity index (χ0v) is 12.6. The maximum absolute atomic E-state index is 12.1. The number of anilines is 1. The number of nitrogens with one attached hydrogen (secondary N) is 1. The highest BCUT2D eigenvalue weighted by Crippen LogP contribution is 2.14. The van der Waals surface area contributed by atoms with Crippen LogP contribution in [0.4, 0.5) is 5.69 Å². The van der Waals surface area contributed by atoms with Crippen molar-refractivity contribution in [3.8, 4) is 0 Å². The Bertz CT molecular complexity index is 895. The Morgan fingerprint density at radius 3 is 2.55 bits per heavy atom. The summed E-state index contributed by atoms with van der Waals surface area (Å²) in [4.78, 5) is 12.1. The van der Waals surface area contributed by atoms with Crippen LogP contribution < -0.4 is 16.2 Å². The minimum absolute atomic E-state index is 0.0184. The summed E-state index contributed by atoms with van der Waals surface area (Å²) in [6.07, 6.45) is 3.74. The summed E-state index contributed by atoms with van der Waals surface area (Å²) in [5, 5.41) is 3.70. The molecule has 0 aliphatic carbocycles. The predicted octanol–water partition coefficient (Wildman–Crippen LogP) is 2.26. The van der Waals surface area contributed by atoms with Gasteiger partial charge in [0.25, 0.3) is 0 Å². The standard InChI is InChI=1S/C18H16BNO2/c1-20-14-6-2-12(3-7-14)4-8-15-11-17(21)16-10-13(19)5-9-18(16)22-15/h2-11,20H,19H2,1H3/b8-4+. The smallest absolute Gasteiger partial charge is 0.193 e. The number of hydrogen-bond acceptors (Lipinski definition) is 3. The Morgan fingerprint density at radius 2 is 1.82 bits per heavy atom. The van der Waals surface area contributed by atoms with E-state index in [0.717, 1.165) is 16.7 Å². The molecule has 4 heteroatoms. The molecule has 1 heterocycles. The Balaban J connectivity index is 1.94. The van der Waals surface area contributed by atoms with E-state index in [1.807, 2.05) is 69.5 Å². The zero-order valence-electron chi connectivity index (χ0n) is 12.6. The molecule has 0 aliphatic rings. The first-order valence-corrected chi connectivity index (χ1v) is 7.16. The van der Waals surface area contributed by atoms with E-state index in [1.165, 1.54) is 6.07 Å². The molecule has 0 spiro atoms. The molecule has 0 fully saturated rings. The van der Waals surface area contributed by atoms with Gasteiger partial charge < -0.3 is 9.73 Å². The van der Waals surface area contributed by atoms with Crippen LogP contribution in [0.5, 0.6) is 0 Å². The molecule has 1 aromatic heterocycles. The van der Waals surface area contributed by atoms with Gasteiger partial charge in [-0.05, 0) is 29.8 Å². The van der Waals surface area contributed by atoms with Gasteiger partial charge in [0.05, 0.1) is 5.39 Å². The fourth-order valence-corrected chi connectivity index (χ4v) is 2.31. The zero-order chi connectivity index (χ0) is 15.5. The summed E-state index contributed by atoms with van der Waals surface area (Å²) in [5.74, 6) is 0.555.